The Labute approximate surface area is 147 Å². The Bertz CT molecular complexity index is 742. The minimum absolute atomic E-state index is 0.0282. The van der Waals surface area contributed by atoms with Gasteiger partial charge in [0, 0.05) is 22.5 Å². The average Bonchev–Trinajstić information content (AvgIpc) is 2.55. The Morgan fingerprint density at radius 3 is 2.48 bits per heavy atom. The molecule has 2 N–H and O–H groups in total. The summed E-state index contributed by atoms with van der Waals surface area (Å²) in [7, 11) is 6.72. The van der Waals surface area contributed by atoms with Gasteiger partial charge in [0.1, 0.15) is 11.9 Å². The number of ether oxygens (including phenoxy) is 2. The molecule has 6 nitrogen and oxygen atoms in total. The number of fused-ring (bicyclic) bond motifs is 3. The maximum Gasteiger partial charge on any atom is 0.181 e. The summed E-state index contributed by atoms with van der Waals surface area (Å²) in [5.74, 6) is 0.473. The molecule has 0 heterocycles. The van der Waals surface area contributed by atoms with E-state index in [9.17, 15) is 15.0 Å². The molecule has 0 aliphatic heterocycles. The van der Waals surface area contributed by atoms with E-state index in [0.29, 0.717) is 29.1 Å². The molecule has 4 atom stereocenters. The summed E-state index contributed by atoms with van der Waals surface area (Å²) in [4.78, 5) is 15.0. The van der Waals surface area contributed by atoms with Gasteiger partial charge in [-0.3, -0.25) is 9.69 Å². The lowest BCUT2D eigenvalue weighted by atomic mass is 9.57. The number of carbonyl (C=O) groups is 1. The van der Waals surface area contributed by atoms with Gasteiger partial charge in [-0.25, -0.2) is 0 Å². The van der Waals surface area contributed by atoms with E-state index < -0.39 is 17.6 Å². The lowest BCUT2D eigenvalue weighted by Crippen LogP contribution is -2.56. The second-order valence-electron chi connectivity index (χ2n) is 7.25. The first-order chi connectivity index (χ1) is 11.8. The van der Waals surface area contributed by atoms with Crippen LogP contribution in [0.3, 0.4) is 0 Å². The van der Waals surface area contributed by atoms with Gasteiger partial charge < -0.3 is 19.7 Å². The van der Waals surface area contributed by atoms with Crippen molar-refractivity contribution < 1.29 is 24.5 Å². The predicted molar refractivity (Wildman–Crippen MR) is 93.0 cm³/mol. The van der Waals surface area contributed by atoms with Crippen LogP contribution in [0.5, 0.6) is 11.5 Å². The van der Waals surface area contributed by atoms with Crippen molar-refractivity contribution in [1.29, 1.82) is 0 Å². The first kappa shape index (κ1) is 17.8. The van der Waals surface area contributed by atoms with E-state index in [1.165, 1.54) is 14.2 Å². The highest BCUT2D eigenvalue weighted by molar-refractivity contribution is 6.04. The molecular weight excluding hydrogens is 322 g/mol. The third-order valence-corrected chi connectivity index (χ3v) is 5.62. The summed E-state index contributed by atoms with van der Waals surface area (Å²) in [6.07, 6.45) is 1.39. The number of phenols is 1. The number of aliphatic hydroxyl groups excluding tert-OH is 1. The molecule has 6 heteroatoms. The Balaban J connectivity index is 2.31. The molecule has 1 aromatic carbocycles. The number of hydrogen-bond acceptors (Lipinski definition) is 6. The molecule has 0 bridgehead atoms. The summed E-state index contributed by atoms with van der Waals surface area (Å²) in [5, 5.41) is 21.3. The molecule has 3 rings (SSSR count). The molecule has 1 unspecified atom stereocenters. The molecule has 0 spiro atoms. The van der Waals surface area contributed by atoms with Gasteiger partial charge in [0.15, 0.2) is 17.3 Å². The van der Waals surface area contributed by atoms with Gasteiger partial charge in [-0.15, -0.1) is 0 Å². The number of rotatable bonds is 3. The van der Waals surface area contributed by atoms with Crippen LogP contribution >= 0.6 is 0 Å². The van der Waals surface area contributed by atoms with Gasteiger partial charge in [0.25, 0.3) is 0 Å². The van der Waals surface area contributed by atoms with Crippen LogP contribution in [-0.2, 0) is 10.2 Å². The molecule has 0 saturated carbocycles. The normalized spacial score (nSPS) is 31.2. The van der Waals surface area contributed by atoms with Gasteiger partial charge in [-0.05, 0) is 38.7 Å². The van der Waals surface area contributed by atoms with Crippen LogP contribution in [0, 0.1) is 5.92 Å². The summed E-state index contributed by atoms with van der Waals surface area (Å²) in [6.45, 7) is 1.98. The average molecular weight is 347 g/mol. The summed E-state index contributed by atoms with van der Waals surface area (Å²) < 4.78 is 10.6. The number of phenolic OH excluding ortho intramolecular Hbond substituents is 1. The highest BCUT2D eigenvalue weighted by atomic mass is 16.5. The van der Waals surface area contributed by atoms with Gasteiger partial charge in [0.05, 0.1) is 20.3 Å². The maximum atomic E-state index is 13.2. The Hall–Kier alpha value is -2.05. The zero-order chi connectivity index (χ0) is 18.5. The molecule has 0 fully saturated rings. The van der Waals surface area contributed by atoms with Gasteiger partial charge >= 0.3 is 0 Å². The first-order valence-electron chi connectivity index (χ1n) is 8.31. The van der Waals surface area contributed by atoms with Crippen LogP contribution in [0.4, 0.5) is 0 Å². The summed E-state index contributed by atoms with van der Waals surface area (Å²) in [5.41, 5.74) is 0.403. The number of Topliss-reactive ketones (excluding diaryl/α,β-unsaturated/α-hetero) is 1. The zero-order valence-electron chi connectivity index (χ0n) is 15.2. The second kappa shape index (κ2) is 6.04. The summed E-state index contributed by atoms with van der Waals surface area (Å²) >= 11 is 0. The van der Waals surface area contributed by atoms with Gasteiger partial charge in [0.2, 0.25) is 0 Å². The van der Waals surface area contributed by atoms with E-state index in [2.05, 4.69) is 0 Å². The molecule has 0 radical (unpaired) electrons. The minimum atomic E-state index is -0.791. The topological polar surface area (TPSA) is 79.2 Å². The largest absolute Gasteiger partial charge is 0.504 e. The standard InChI is InChI=1S/C19H25NO5/c1-19-9-12(21)14(25-5)8-11(19)16(20(2)3)17(22)10-6-7-13(24-4)18(23)15(10)19/h6-8,11-12,16,21,23H,9H2,1-5H3/t11?,12-,16+,19+/m0/s1. The maximum absolute atomic E-state index is 13.2. The quantitative estimate of drug-likeness (QED) is 0.866. The number of aromatic hydroxyl groups is 1. The molecule has 1 aromatic rings. The fourth-order valence-electron chi connectivity index (χ4n) is 4.42. The number of nitrogens with zero attached hydrogens (tertiary/aromatic N) is 1. The molecule has 25 heavy (non-hydrogen) atoms. The van der Waals surface area contributed by atoms with Crippen molar-refractivity contribution in [2.45, 2.75) is 30.9 Å². The van der Waals surface area contributed by atoms with Crippen molar-refractivity contribution in [2.24, 2.45) is 5.92 Å². The van der Waals surface area contributed by atoms with E-state index >= 15 is 0 Å². The second-order valence-corrected chi connectivity index (χ2v) is 7.25. The van der Waals surface area contributed by atoms with Gasteiger partial charge in [-0.2, -0.15) is 0 Å². The number of aliphatic hydroxyl groups is 1. The van der Waals surface area contributed by atoms with Crippen LogP contribution in [0.25, 0.3) is 0 Å². The highest BCUT2D eigenvalue weighted by Gasteiger charge is 2.54. The summed E-state index contributed by atoms with van der Waals surface area (Å²) in [6, 6.07) is 2.91. The van der Waals surface area contributed by atoms with Crippen LogP contribution in [0.2, 0.25) is 0 Å². The number of carbonyl (C=O) groups excluding carboxylic acids is 1. The molecule has 2 aliphatic carbocycles. The molecule has 0 saturated heterocycles. The van der Waals surface area contributed by atoms with Crippen molar-refractivity contribution in [3.63, 3.8) is 0 Å². The van der Waals surface area contributed by atoms with Crippen molar-refractivity contribution in [3.05, 3.63) is 35.1 Å². The van der Waals surface area contributed by atoms with Crippen LogP contribution in [0.1, 0.15) is 29.3 Å². The first-order valence-corrected chi connectivity index (χ1v) is 8.31. The number of methoxy groups -OCH3 is 2. The lowest BCUT2D eigenvalue weighted by Gasteiger charge is -2.50. The molecule has 2 aliphatic rings. The van der Waals surface area contributed by atoms with Crippen LogP contribution in [0.15, 0.2) is 24.0 Å². The van der Waals surface area contributed by atoms with Crippen molar-refractivity contribution in [2.75, 3.05) is 28.3 Å². The molecule has 0 aromatic heterocycles. The Kier molecular flexibility index (Phi) is 4.29. The molecule has 136 valence electrons. The molecular formula is C19H25NO5. The Morgan fingerprint density at radius 2 is 1.92 bits per heavy atom. The van der Waals surface area contributed by atoms with Crippen LogP contribution < -0.4 is 4.74 Å². The highest BCUT2D eigenvalue weighted by Crippen LogP contribution is 2.54. The van der Waals surface area contributed by atoms with Crippen LogP contribution in [-0.4, -0.2) is 61.4 Å². The van der Waals surface area contributed by atoms with Gasteiger partial charge in [-0.1, -0.05) is 6.92 Å². The van der Waals surface area contributed by atoms with E-state index in [4.69, 9.17) is 9.47 Å². The van der Waals surface area contributed by atoms with E-state index in [1.807, 2.05) is 32.0 Å². The number of likely N-dealkylation sites (N-methyl/N-ethyl adjacent to an activating group) is 1. The number of ketones is 1. The number of hydrogen-bond donors (Lipinski definition) is 2. The lowest BCUT2D eigenvalue weighted by molar-refractivity contribution is 0.0401. The number of benzene rings is 1. The van der Waals surface area contributed by atoms with Crippen molar-refractivity contribution >= 4 is 5.78 Å². The zero-order valence-corrected chi connectivity index (χ0v) is 15.2. The molecule has 0 amide bonds. The third-order valence-electron chi connectivity index (χ3n) is 5.62. The monoisotopic (exact) mass is 347 g/mol. The third kappa shape index (κ3) is 2.43. The minimum Gasteiger partial charge on any atom is -0.504 e. The SMILES string of the molecule is COC1=CC2[C@@H](N(C)C)C(=O)c3ccc(OC)c(O)c3[C@]2(C)C[C@@H]1O. The fraction of sp³-hybridized carbons (Fsp3) is 0.526. The smallest absolute Gasteiger partial charge is 0.181 e. The predicted octanol–water partition coefficient (Wildman–Crippen LogP) is 1.70. The van der Waals surface area contributed by atoms with E-state index in [1.54, 1.807) is 12.1 Å². The van der Waals surface area contributed by atoms with E-state index in [-0.39, 0.29) is 17.5 Å². The van der Waals surface area contributed by atoms with E-state index in [0.717, 1.165) is 0 Å². The fourth-order valence-corrected chi connectivity index (χ4v) is 4.42. The van der Waals surface area contributed by atoms with Crippen molar-refractivity contribution in [1.82, 2.24) is 4.90 Å². The Morgan fingerprint density at radius 1 is 1.24 bits per heavy atom. The van der Waals surface area contributed by atoms with Crippen molar-refractivity contribution in [3.8, 4) is 11.5 Å².